The van der Waals surface area contributed by atoms with Gasteiger partial charge in [-0.15, -0.1) is 0 Å². The van der Waals surface area contributed by atoms with Gasteiger partial charge >= 0.3 is 0 Å². The lowest BCUT2D eigenvalue weighted by atomic mass is 9.96. The first-order valence-corrected chi connectivity index (χ1v) is 14.3. The van der Waals surface area contributed by atoms with Gasteiger partial charge in [0.25, 0.3) is 0 Å². The molecule has 0 saturated heterocycles. The van der Waals surface area contributed by atoms with Crippen LogP contribution < -0.4 is 0 Å². The Bertz CT molecular complexity index is 2150. The molecule has 0 amide bonds. The molecule has 8 rings (SSSR count). The highest BCUT2D eigenvalue weighted by molar-refractivity contribution is 6.15. The van der Waals surface area contributed by atoms with Crippen molar-refractivity contribution < 1.29 is 4.42 Å². The molecule has 4 nitrogen and oxygen atoms in total. The van der Waals surface area contributed by atoms with Gasteiger partial charge in [-0.1, -0.05) is 140 Å². The molecule has 0 aliphatic rings. The summed E-state index contributed by atoms with van der Waals surface area (Å²) in [6, 6.07) is 51.6. The summed E-state index contributed by atoms with van der Waals surface area (Å²) >= 11 is 0. The molecule has 0 radical (unpaired) electrons. The van der Waals surface area contributed by atoms with Crippen LogP contribution in [0.4, 0.5) is 0 Å². The van der Waals surface area contributed by atoms with Crippen molar-refractivity contribution in [3.63, 3.8) is 0 Å². The average molecular weight is 552 g/mol. The summed E-state index contributed by atoms with van der Waals surface area (Å²) in [7, 11) is 0. The molecule has 2 heterocycles. The van der Waals surface area contributed by atoms with E-state index in [2.05, 4.69) is 72.8 Å². The largest absolute Gasteiger partial charge is 0.455 e. The maximum atomic E-state index is 6.58. The molecule has 202 valence electrons. The van der Waals surface area contributed by atoms with Crippen LogP contribution in [0.15, 0.2) is 156 Å². The molecule has 0 bridgehead atoms. The van der Waals surface area contributed by atoms with Crippen LogP contribution in [-0.2, 0) is 0 Å². The first kappa shape index (κ1) is 24.9. The lowest BCUT2D eigenvalue weighted by Crippen LogP contribution is -2.00. The fourth-order valence-electron chi connectivity index (χ4n) is 5.67. The van der Waals surface area contributed by atoms with Crippen LogP contribution >= 0.6 is 0 Å². The summed E-state index contributed by atoms with van der Waals surface area (Å²) in [5, 5.41) is 2.10. The first-order chi connectivity index (χ1) is 21.3. The molecule has 0 spiro atoms. The molecular weight excluding hydrogens is 526 g/mol. The monoisotopic (exact) mass is 551 g/mol. The summed E-state index contributed by atoms with van der Waals surface area (Å²) in [5.74, 6) is 1.82. The highest BCUT2D eigenvalue weighted by Crippen LogP contribution is 2.40. The van der Waals surface area contributed by atoms with Crippen LogP contribution in [-0.4, -0.2) is 15.0 Å². The summed E-state index contributed by atoms with van der Waals surface area (Å²) in [4.78, 5) is 14.8. The van der Waals surface area contributed by atoms with E-state index in [0.717, 1.165) is 49.8 Å². The molecule has 8 aromatic rings. The highest BCUT2D eigenvalue weighted by Gasteiger charge is 2.19. The van der Waals surface area contributed by atoms with Crippen molar-refractivity contribution in [1.29, 1.82) is 0 Å². The standard InChI is InChI=1S/C39H25N3O/c1-4-12-26(13-5-1)27-22-24-28(25-23-27)31-18-11-21-34-35(31)32-19-10-20-33(36(32)43-34)39-41-37(29-14-6-2-7-15-29)40-38(42-39)30-16-8-3-9-17-30/h1-25H. The molecule has 0 fully saturated rings. The molecule has 43 heavy (non-hydrogen) atoms. The number of para-hydroxylation sites is 1. The smallest absolute Gasteiger partial charge is 0.167 e. The molecular formula is C39H25N3O. The highest BCUT2D eigenvalue weighted by atomic mass is 16.3. The quantitative estimate of drug-likeness (QED) is 0.214. The van der Waals surface area contributed by atoms with Gasteiger partial charge in [-0.25, -0.2) is 15.0 Å². The van der Waals surface area contributed by atoms with Crippen LogP contribution in [0.5, 0.6) is 0 Å². The van der Waals surface area contributed by atoms with E-state index in [1.54, 1.807) is 0 Å². The van der Waals surface area contributed by atoms with E-state index in [9.17, 15) is 0 Å². The Morgan fingerprint density at radius 1 is 0.349 bits per heavy atom. The number of fused-ring (bicyclic) bond motifs is 3. The van der Waals surface area contributed by atoms with E-state index >= 15 is 0 Å². The van der Waals surface area contributed by atoms with Crippen LogP contribution in [0.1, 0.15) is 0 Å². The van der Waals surface area contributed by atoms with Crippen molar-refractivity contribution in [1.82, 2.24) is 15.0 Å². The van der Waals surface area contributed by atoms with Gasteiger partial charge in [0.05, 0.1) is 5.56 Å². The lowest BCUT2D eigenvalue weighted by Gasteiger charge is -2.09. The van der Waals surface area contributed by atoms with Crippen molar-refractivity contribution in [3.05, 3.63) is 152 Å². The molecule has 0 N–H and O–H groups in total. The Kier molecular flexibility index (Phi) is 6.08. The zero-order chi connectivity index (χ0) is 28.6. The van der Waals surface area contributed by atoms with Gasteiger partial charge in [-0.3, -0.25) is 0 Å². The van der Waals surface area contributed by atoms with Gasteiger partial charge in [-0.05, 0) is 34.4 Å². The molecule has 0 atom stereocenters. The minimum absolute atomic E-state index is 0.575. The molecule has 0 unspecified atom stereocenters. The van der Waals surface area contributed by atoms with Crippen molar-refractivity contribution in [2.45, 2.75) is 0 Å². The van der Waals surface area contributed by atoms with Gasteiger partial charge < -0.3 is 4.42 Å². The molecule has 4 heteroatoms. The van der Waals surface area contributed by atoms with Gasteiger partial charge in [0, 0.05) is 21.9 Å². The number of furan rings is 1. The summed E-state index contributed by atoms with van der Waals surface area (Å²) in [6.45, 7) is 0. The second kappa shape index (κ2) is 10.5. The number of rotatable bonds is 5. The number of hydrogen-bond acceptors (Lipinski definition) is 4. The van der Waals surface area contributed by atoms with Gasteiger partial charge in [0.1, 0.15) is 11.2 Å². The molecule has 0 aliphatic carbocycles. The number of hydrogen-bond donors (Lipinski definition) is 0. The third-order valence-electron chi connectivity index (χ3n) is 7.77. The molecule has 2 aromatic heterocycles. The molecule has 0 saturated carbocycles. The minimum atomic E-state index is 0.575. The predicted octanol–water partition coefficient (Wildman–Crippen LogP) is 10.1. The van der Waals surface area contributed by atoms with E-state index in [0.29, 0.717) is 17.5 Å². The topological polar surface area (TPSA) is 51.8 Å². The van der Waals surface area contributed by atoms with Crippen molar-refractivity contribution >= 4 is 21.9 Å². The Hall–Kier alpha value is -5.87. The fraction of sp³-hybridized carbons (Fsp3) is 0. The van der Waals surface area contributed by atoms with Gasteiger partial charge in [-0.2, -0.15) is 0 Å². The number of aromatic nitrogens is 3. The second-order valence-electron chi connectivity index (χ2n) is 10.4. The van der Waals surface area contributed by atoms with Crippen LogP contribution in [0, 0.1) is 0 Å². The minimum Gasteiger partial charge on any atom is -0.455 e. The zero-order valence-electron chi connectivity index (χ0n) is 23.2. The van der Waals surface area contributed by atoms with Crippen molar-refractivity contribution in [2.75, 3.05) is 0 Å². The van der Waals surface area contributed by atoms with Crippen molar-refractivity contribution in [3.8, 4) is 56.4 Å². The third kappa shape index (κ3) is 4.55. The van der Waals surface area contributed by atoms with Crippen LogP contribution in [0.25, 0.3) is 78.4 Å². The Labute approximate surface area is 249 Å². The van der Waals surface area contributed by atoms with E-state index in [4.69, 9.17) is 19.4 Å². The first-order valence-electron chi connectivity index (χ1n) is 14.3. The molecule has 6 aromatic carbocycles. The summed E-state index contributed by atoms with van der Waals surface area (Å²) < 4.78 is 6.58. The number of nitrogens with zero attached hydrogens (tertiary/aromatic N) is 3. The lowest BCUT2D eigenvalue weighted by molar-refractivity contribution is 0.669. The number of benzene rings is 6. The van der Waals surface area contributed by atoms with Crippen molar-refractivity contribution in [2.24, 2.45) is 0 Å². The third-order valence-corrected chi connectivity index (χ3v) is 7.77. The van der Waals surface area contributed by atoms with E-state index in [-0.39, 0.29) is 0 Å². The van der Waals surface area contributed by atoms with Gasteiger partial charge in [0.2, 0.25) is 0 Å². The second-order valence-corrected chi connectivity index (χ2v) is 10.4. The maximum Gasteiger partial charge on any atom is 0.167 e. The molecule has 0 aliphatic heterocycles. The van der Waals surface area contributed by atoms with Crippen LogP contribution in [0.2, 0.25) is 0 Å². The van der Waals surface area contributed by atoms with E-state index in [1.807, 2.05) is 78.9 Å². The maximum absolute atomic E-state index is 6.58. The summed E-state index contributed by atoms with van der Waals surface area (Å²) in [6.07, 6.45) is 0. The van der Waals surface area contributed by atoms with E-state index < -0.39 is 0 Å². The fourth-order valence-corrected chi connectivity index (χ4v) is 5.67. The van der Waals surface area contributed by atoms with Gasteiger partial charge in [0.15, 0.2) is 17.5 Å². The SMILES string of the molecule is c1ccc(-c2ccc(-c3cccc4oc5c(-c6nc(-c7ccccc7)nc(-c7ccccc7)n6)cccc5c34)cc2)cc1. The Morgan fingerprint density at radius 3 is 1.47 bits per heavy atom. The Balaban J connectivity index is 1.30. The van der Waals surface area contributed by atoms with Crippen LogP contribution in [0.3, 0.4) is 0 Å². The average Bonchev–Trinajstić information content (AvgIpc) is 3.49. The summed E-state index contributed by atoms with van der Waals surface area (Å²) in [5.41, 5.74) is 8.93. The predicted molar refractivity (Wildman–Crippen MR) is 174 cm³/mol. The zero-order valence-corrected chi connectivity index (χ0v) is 23.2. The Morgan fingerprint density at radius 2 is 0.837 bits per heavy atom. The van der Waals surface area contributed by atoms with E-state index in [1.165, 1.54) is 11.1 Å². The normalized spacial score (nSPS) is 11.3.